The highest BCUT2D eigenvalue weighted by Crippen LogP contribution is 2.26. The average Bonchev–Trinajstić information content (AvgIpc) is 3.12. The van der Waals surface area contributed by atoms with Crippen LogP contribution in [0.2, 0.25) is 0 Å². The summed E-state index contributed by atoms with van der Waals surface area (Å²) in [6, 6.07) is 9.84. The lowest BCUT2D eigenvalue weighted by Gasteiger charge is -2.12. The van der Waals surface area contributed by atoms with Crippen LogP contribution >= 0.6 is 0 Å². The van der Waals surface area contributed by atoms with Gasteiger partial charge < -0.3 is 14.8 Å². The molecule has 0 atom stereocenters. The van der Waals surface area contributed by atoms with Crippen molar-refractivity contribution in [3.8, 4) is 17.2 Å². The van der Waals surface area contributed by atoms with Crippen molar-refractivity contribution >= 4 is 11.6 Å². The van der Waals surface area contributed by atoms with Crippen molar-refractivity contribution in [3.63, 3.8) is 0 Å². The van der Waals surface area contributed by atoms with E-state index in [0.29, 0.717) is 34.9 Å². The summed E-state index contributed by atoms with van der Waals surface area (Å²) in [7, 11) is 2.95. The summed E-state index contributed by atoms with van der Waals surface area (Å²) in [5, 5.41) is 14.2. The molecule has 28 heavy (non-hydrogen) atoms. The topological polar surface area (TPSA) is 91.2 Å². The largest absolute Gasteiger partial charge is 0.494 e. The van der Waals surface area contributed by atoms with Gasteiger partial charge in [0.15, 0.2) is 17.4 Å². The number of carbonyl (C=O) groups excluding carboxylic acids is 1. The number of rotatable bonds is 7. The molecule has 0 spiro atoms. The highest BCUT2D eigenvalue weighted by Gasteiger charge is 2.13. The molecule has 2 aromatic carbocycles. The van der Waals surface area contributed by atoms with Crippen LogP contribution in [0, 0.1) is 12.7 Å². The Bertz CT molecular complexity index is 989. The van der Waals surface area contributed by atoms with Crippen LogP contribution in [0.4, 0.5) is 10.1 Å². The first-order valence-electron chi connectivity index (χ1n) is 8.57. The van der Waals surface area contributed by atoms with Gasteiger partial charge in [0.25, 0.3) is 0 Å². The molecule has 0 unspecified atom stereocenters. The third kappa shape index (κ3) is 4.25. The number of aromatic nitrogens is 4. The summed E-state index contributed by atoms with van der Waals surface area (Å²) in [6.45, 7) is 1.76. The minimum atomic E-state index is -0.447. The van der Waals surface area contributed by atoms with E-state index in [1.165, 1.54) is 17.9 Å². The Kier molecular flexibility index (Phi) is 5.83. The van der Waals surface area contributed by atoms with Gasteiger partial charge in [-0.1, -0.05) is 6.07 Å². The number of halogens is 1. The Labute approximate surface area is 161 Å². The van der Waals surface area contributed by atoms with Crippen molar-refractivity contribution in [1.29, 1.82) is 0 Å². The number of tetrazole rings is 1. The number of methoxy groups -OCH3 is 2. The van der Waals surface area contributed by atoms with E-state index in [2.05, 4.69) is 20.8 Å². The molecule has 3 rings (SSSR count). The van der Waals surface area contributed by atoms with Crippen LogP contribution in [0.25, 0.3) is 5.69 Å². The van der Waals surface area contributed by atoms with E-state index in [1.807, 2.05) is 0 Å². The van der Waals surface area contributed by atoms with Gasteiger partial charge in [0.2, 0.25) is 5.91 Å². The maximum absolute atomic E-state index is 13.7. The number of nitrogens with one attached hydrogen (secondary N) is 1. The molecule has 1 amide bonds. The summed E-state index contributed by atoms with van der Waals surface area (Å²) in [4.78, 5) is 12.3. The third-order valence-electron chi connectivity index (χ3n) is 4.17. The Morgan fingerprint density at radius 2 is 1.89 bits per heavy atom. The van der Waals surface area contributed by atoms with Crippen molar-refractivity contribution in [2.45, 2.75) is 19.8 Å². The molecule has 8 nitrogen and oxygen atoms in total. The van der Waals surface area contributed by atoms with E-state index in [-0.39, 0.29) is 18.1 Å². The van der Waals surface area contributed by atoms with E-state index >= 15 is 0 Å². The minimum absolute atomic E-state index is 0.178. The predicted molar refractivity (Wildman–Crippen MR) is 100 cm³/mol. The fraction of sp³-hybridized carbons (Fsp3) is 0.263. The lowest BCUT2D eigenvalue weighted by atomic mass is 10.1. The molecule has 1 aromatic heterocycles. The molecule has 0 aliphatic heterocycles. The van der Waals surface area contributed by atoms with Gasteiger partial charge in [0.1, 0.15) is 11.4 Å². The van der Waals surface area contributed by atoms with Gasteiger partial charge in [-0.2, -0.15) is 4.68 Å². The van der Waals surface area contributed by atoms with Gasteiger partial charge in [0.05, 0.1) is 14.2 Å². The molecule has 0 saturated heterocycles. The van der Waals surface area contributed by atoms with E-state index < -0.39 is 5.82 Å². The zero-order chi connectivity index (χ0) is 20.1. The van der Waals surface area contributed by atoms with Gasteiger partial charge in [-0.15, -0.1) is 5.10 Å². The van der Waals surface area contributed by atoms with Gasteiger partial charge in [-0.05, 0) is 59.7 Å². The van der Waals surface area contributed by atoms with Crippen molar-refractivity contribution in [2.24, 2.45) is 0 Å². The first-order chi connectivity index (χ1) is 13.5. The number of hydrogen-bond acceptors (Lipinski definition) is 6. The average molecular weight is 385 g/mol. The summed E-state index contributed by atoms with van der Waals surface area (Å²) in [5.41, 5.74) is 1.91. The van der Waals surface area contributed by atoms with E-state index in [9.17, 15) is 9.18 Å². The van der Waals surface area contributed by atoms with Crippen LogP contribution in [-0.4, -0.2) is 40.3 Å². The molecule has 9 heteroatoms. The van der Waals surface area contributed by atoms with Crippen molar-refractivity contribution in [3.05, 3.63) is 53.6 Å². The molecular formula is C19H20FN5O3. The van der Waals surface area contributed by atoms with Crippen LogP contribution in [0.1, 0.15) is 17.8 Å². The van der Waals surface area contributed by atoms with Crippen LogP contribution in [-0.2, 0) is 11.2 Å². The number of hydrogen-bond donors (Lipinski definition) is 1. The summed E-state index contributed by atoms with van der Waals surface area (Å²) < 4.78 is 25.5. The van der Waals surface area contributed by atoms with Crippen LogP contribution in [0.15, 0.2) is 36.4 Å². The highest BCUT2D eigenvalue weighted by molar-refractivity contribution is 5.91. The van der Waals surface area contributed by atoms with E-state index in [1.54, 1.807) is 44.4 Å². The first-order valence-corrected chi connectivity index (χ1v) is 8.57. The molecule has 146 valence electrons. The second-order valence-electron chi connectivity index (χ2n) is 6.04. The number of benzene rings is 2. The number of ether oxygens (including phenoxy) is 2. The number of amides is 1. The van der Waals surface area contributed by atoms with Crippen LogP contribution in [0.5, 0.6) is 11.5 Å². The molecule has 1 heterocycles. The Morgan fingerprint density at radius 1 is 1.14 bits per heavy atom. The molecule has 1 N–H and O–H groups in total. The summed E-state index contributed by atoms with van der Waals surface area (Å²) >= 11 is 0. The van der Waals surface area contributed by atoms with Gasteiger partial charge in [-0.25, -0.2) is 4.39 Å². The first kappa shape index (κ1) is 19.3. The smallest absolute Gasteiger partial charge is 0.224 e. The third-order valence-corrected chi connectivity index (χ3v) is 4.17. The molecular weight excluding hydrogens is 365 g/mol. The Hall–Kier alpha value is -3.49. The highest BCUT2D eigenvalue weighted by atomic mass is 19.1. The standard InChI is InChI=1S/C19H20FN5O3/c1-12-22-23-24-25(12)16-11-14(6-8-18(16)28-3)21-19(26)9-5-13-4-7-17(27-2)15(20)10-13/h4,6-8,10-11H,5,9H2,1-3H3,(H,21,26). The van der Waals surface area contributed by atoms with Gasteiger partial charge in [-0.3, -0.25) is 4.79 Å². The molecule has 0 aliphatic carbocycles. The van der Waals surface area contributed by atoms with Crippen LogP contribution < -0.4 is 14.8 Å². The summed E-state index contributed by atoms with van der Waals surface area (Å²) in [5.74, 6) is 0.695. The molecule has 0 radical (unpaired) electrons. The Morgan fingerprint density at radius 3 is 2.54 bits per heavy atom. The number of carbonyl (C=O) groups is 1. The van der Waals surface area contributed by atoms with E-state index in [4.69, 9.17) is 9.47 Å². The summed E-state index contributed by atoms with van der Waals surface area (Å²) in [6.07, 6.45) is 0.610. The monoisotopic (exact) mass is 385 g/mol. The quantitative estimate of drug-likeness (QED) is 0.672. The van der Waals surface area contributed by atoms with Gasteiger partial charge >= 0.3 is 0 Å². The molecule has 0 fully saturated rings. The minimum Gasteiger partial charge on any atom is -0.494 e. The lowest BCUT2D eigenvalue weighted by Crippen LogP contribution is -2.13. The zero-order valence-electron chi connectivity index (χ0n) is 15.8. The van der Waals surface area contributed by atoms with Crippen LogP contribution in [0.3, 0.4) is 0 Å². The fourth-order valence-corrected chi connectivity index (χ4v) is 2.73. The van der Waals surface area contributed by atoms with Crippen molar-refractivity contribution in [1.82, 2.24) is 20.2 Å². The maximum Gasteiger partial charge on any atom is 0.224 e. The van der Waals surface area contributed by atoms with Crippen molar-refractivity contribution in [2.75, 3.05) is 19.5 Å². The van der Waals surface area contributed by atoms with E-state index in [0.717, 1.165) is 0 Å². The predicted octanol–water partition coefficient (Wildman–Crippen LogP) is 2.70. The van der Waals surface area contributed by atoms with Gasteiger partial charge in [0, 0.05) is 12.1 Å². The zero-order valence-corrected chi connectivity index (χ0v) is 15.8. The Balaban J connectivity index is 1.69. The molecule has 3 aromatic rings. The molecule has 0 aliphatic rings. The molecule has 0 saturated carbocycles. The number of aryl methyl sites for hydroxylation is 2. The second-order valence-corrected chi connectivity index (χ2v) is 6.04. The number of anilines is 1. The molecule has 0 bridgehead atoms. The maximum atomic E-state index is 13.7. The lowest BCUT2D eigenvalue weighted by molar-refractivity contribution is -0.116. The second kappa shape index (κ2) is 8.47. The SMILES string of the molecule is COc1ccc(CCC(=O)Nc2ccc(OC)c(-n3nnnc3C)c2)cc1F. The number of nitrogens with zero attached hydrogens (tertiary/aromatic N) is 4. The van der Waals surface area contributed by atoms with Crippen molar-refractivity contribution < 1.29 is 18.7 Å². The normalized spacial score (nSPS) is 10.6. The fourth-order valence-electron chi connectivity index (χ4n) is 2.73.